The van der Waals surface area contributed by atoms with Gasteiger partial charge in [-0.2, -0.15) is 0 Å². The van der Waals surface area contributed by atoms with Gasteiger partial charge in [0.2, 0.25) is 59.1 Å². The molecule has 0 bridgehead atoms. The number of amides is 13. The van der Waals surface area contributed by atoms with Gasteiger partial charge >= 0.3 is 5.97 Å². The molecule has 23 N–H and O–H groups in total. The Morgan fingerprint density at radius 1 is 0.359 bits per heavy atom. The molecule has 4 saturated carbocycles. The lowest BCUT2D eigenvalue weighted by atomic mass is 9.94. The van der Waals surface area contributed by atoms with Crippen LogP contribution in [0.15, 0.2) is 140 Å². The van der Waals surface area contributed by atoms with Gasteiger partial charge in [0.25, 0.3) is 17.7 Å². The zero-order chi connectivity index (χ0) is 91.3. The Morgan fingerprint density at radius 2 is 0.656 bits per heavy atom. The molecule has 690 valence electrons. The molecule has 35 heteroatoms. The third-order valence-corrected chi connectivity index (χ3v) is 24.9. The zero-order valence-electron chi connectivity index (χ0n) is 72.4. The molecule has 0 radical (unpaired) electrons. The summed E-state index contributed by atoms with van der Waals surface area (Å²) in [5, 5.41) is 51.2. The number of benzene rings is 5. The fourth-order valence-electron chi connectivity index (χ4n) is 17.1. The molecule has 5 aromatic carbocycles. The van der Waals surface area contributed by atoms with Crippen LogP contribution in [0.2, 0.25) is 0 Å². The van der Waals surface area contributed by atoms with Gasteiger partial charge in [0.1, 0.15) is 42.0 Å². The van der Waals surface area contributed by atoms with E-state index in [1.165, 1.54) is 28.0 Å². The number of ether oxygens (including phenoxy) is 1. The molecule has 0 unspecified atom stereocenters. The summed E-state index contributed by atoms with van der Waals surface area (Å²) >= 11 is 0. The van der Waals surface area contributed by atoms with Crippen LogP contribution in [0.1, 0.15) is 189 Å². The Hall–Kier alpha value is -11.8. The van der Waals surface area contributed by atoms with Gasteiger partial charge in [0.05, 0.1) is 42.4 Å². The average molecular weight is 1770 g/mol. The number of aliphatic hydroxyl groups is 1. The predicted molar refractivity (Wildman–Crippen MR) is 474 cm³/mol. The number of hydrogen-bond acceptors (Lipinski definition) is 21. The Labute approximate surface area is 745 Å². The topological polar surface area (TPSA) is 558 Å². The largest absolute Gasteiger partial charge is 0.483 e. The molecule has 35 nitrogen and oxygen atoms in total. The summed E-state index contributed by atoms with van der Waals surface area (Å²) in [7, 11) is 0. The van der Waals surface area contributed by atoms with Crippen molar-refractivity contribution in [3.8, 4) is 5.75 Å². The molecule has 0 aromatic heterocycles. The summed E-state index contributed by atoms with van der Waals surface area (Å²) in [6, 6.07) is 33.6. The number of nitrogens with one attached hydrogen (secondary N) is 11. The number of aliphatic hydroxyl groups excluding tert-OH is 1. The van der Waals surface area contributed by atoms with Crippen molar-refractivity contribution in [3.63, 3.8) is 0 Å². The van der Waals surface area contributed by atoms with Gasteiger partial charge in [0.15, 0.2) is 6.61 Å². The van der Waals surface area contributed by atoms with Crippen LogP contribution in [0.5, 0.6) is 5.75 Å². The Morgan fingerprint density at radius 3 is 0.961 bits per heavy atom. The fourth-order valence-corrected chi connectivity index (χ4v) is 17.1. The van der Waals surface area contributed by atoms with Crippen molar-refractivity contribution in [2.75, 3.05) is 78.7 Å². The van der Waals surface area contributed by atoms with Crippen LogP contribution < -0.4 is 91.9 Å². The number of carboxylic acids is 1. The molecular formula is C93H126N18O17. The minimum Gasteiger partial charge on any atom is -0.483 e. The van der Waals surface area contributed by atoms with E-state index in [-0.39, 0.29) is 156 Å². The maximum absolute atomic E-state index is 15.4. The molecular weight excluding hydrogens is 1640 g/mol. The van der Waals surface area contributed by atoms with Crippen molar-refractivity contribution in [1.29, 1.82) is 0 Å². The van der Waals surface area contributed by atoms with Crippen LogP contribution in [-0.2, 0) is 57.5 Å². The third-order valence-electron chi connectivity index (χ3n) is 24.9. The number of unbranched alkanes of at least 4 members (excludes halogenated alkanes) is 5. The predicted octanol–water partition coefficient (Wildman–Crippen LogP) is 0.878. The monoisotopic (exact) mass is 1770 g/mol. The number of carbonyl (C=O) groups excluding carboxylic acids is 13. The van der Waals surface area contributed by atoms with Gasteiger partial charge in [-0.1, -0.05) is 121 Å². The molecule has 18 atom stereocenters. The van der Waals surface area contributed by atoms with Crippen LogP contribution in [0.3, 0.4) is 0 Å². The minimum atomic E-state index is -1.75. The smallest absolute Gasteiger partial charge is 0.326 e. The Kier molecular flexibility index (Phi) is 36.2. The van der Waals surface area contributed by atoms with Gasteiger partial charge in [-0.3, -0.25) is 62.3 Å². The van der Waals surface area contributed by atoms with E-state index >= 15 is 9.59 Å². The first-order chi connectivity index (χ1) is 61.9. The number of hydrogen-bond donors (Lipinski definition) is 18. The summed E-state index contributed by atoms with van der Waals surface area (Å²) in [4.78, 5) is 203. The molecule has 5 aromatic rings. The number of aliphatic carboxylic acids is 1. The SMILES string of the molecule is NCCCC[C@H](NC(=O)[C@H](CCCCN)NC(=O)[C@H](CCCCN)NC(=O)[C@H](CCCCN)NC(=O)[C@H](CCCCN)NC(=O)[C@H](CO)NC(=O)CNC(=O)COc1cc(C(=O)N2C[C@@H](C(=O)N[C@H]3C[C@@H]3c3ccccc3)[C@H](C(=O)N[C@H]3C[C@@H]3c3ccccc3)C2)ccc1C(=O)N1C[C@@H](C(=O)N[C@H]2C[C@@H]2c2ccccc2)[C@H](C(=O)N[C@H]2C[C@@H]2c2ccccc2)C1)C(=O)O. The van der Waals surface area contributed by atoms with Crippen molar-refractivity contribution in [1.82, 2.24) is 68.3 Å². The molecule has 128 heavy (non-hydrogen) atoms. The van der Waals surface area contributed by atoms with Crippen molar-refractivity contribution >= 4 is 82.8 Å². The molecule has 4 aliphatic carbocycles. The number of rotatable bonds is 52. The van der Waals surface area contributed by atoms with Crippen molar-refractivity contribution in [2.24, 2.45) is 52.3 Å². The van der Waals surface area contributed by atoms with Crippen LogP contribution in [0, 0.1) is 23.7 Å². The van der Waals surface area contributed by atoms with Gasteiger partial charge in [-0.05, 0) is 195 Å². The van der Waals surface area contributed by atoms with Crippen molar-refractivity contribution in [3.05, 3.63) is 173 Å². The van der Waals surface area contributed by atoms with Crippen LogP contribution in [0.25, 0.3) is 0 Å². The van der Waals surface area contributed by atoms with Crippen LogP contribution >= 0.6 is 0 Å². The first-order valence-corrected chi connectivity index (χ1v) is 45.1. The summed E-state index contributed by atoms with van der Waals surface area (Å²) in [5.41, 5.74) is 32.8. The second-order valence-corrected chi connectivity index (χ2v) is 34.5. The van der Waals surface area contributed by atoms with Crippen LogP contribution in [-0.4, -0.2) is 242 Å². The van der Waals surface area contributed by atoms with Gasteiger partial charge in [-0.25, -0.2) is 4.79 Å². The first kappa shape index (κ1) is 96.9. The van der Waals surface area contributed by atoms with Crippen molar-refractivity contribution < 1.29 is 82.1 Å². The Bertz CT molecular complexity index is 4490. The second kappa shape index (κ2) is 47.9. The number of nitrogens with two attached hydrogens (primary N) is 5. The standard InChI is InChI=1S/C93H126N18O17/c94-38-18-13-31-69(86(119)101-70(32-14-19-39-95)87(120)103-72(34-16-21-41-97)89(122)105-73(93(126)127)35-17-22-42-98)102-88(121)71(33-15-20-40-96)104-90(123)78(53-112)100-80(113)48-99-81(114)54-128-79-43-59(91(124)110-49-65(82(115)106-74-44-61(74)55-23-5-1-6-24-55)66(50-110)83(116)107-75-45-62(75)56-25-7-2-8-26-56)36-37-60(79)92(125)111-51-67(84(117)108-76-46-63(76)57-27-9-3-10-28-57)68(52-111)85(118)109-77-47-64(77)58-29-11-4-12-30-58/h1-12,23-30,36-37,43,61-78,112H,13-22,31-35,38-42,44-54,94-98H2,(H,99,114)(H,100,113)(H,101,119)(H,102,121)(H,103,120)(H,104,123)(H,105,122)(H,106,115)(H,107,116)(H,108,117)(H,109,118)(H,126,127)/t61-,62-,63-,64-,65-,66-,67-,68-,69+,70+,71+,72+,73+,74+,75+,76+,77+,78+/m1/s1. The molecule has 13 amide bonds. The third kappa shape index (κ3) is 27.6. The Balaban J connectivity index is 0.781. The maximum atomic E-state index is 15.4. The highest BCUT2D eigenvalue weighted by Gasteiger charge is 2.52. The molecule has 2 heterocycles. The lowest BCUT2D eigenvalue weighted by Crippen LogP contribution is -2.60. The van der Waals surface area contributed by atoms with Gasteiger partial charge in [0, 0.05) is 79.6 Å². The summed E-state index contributed by atoms with van der Waals surface area (Å²) in [5.74, 6) is -14.7. The molecule has 6 aliphatic rings. The van der Waals surface area contributed by atoms with Crippen LogP contribution in [0.4, 0.5) is 0 Å². The maximum Gasteiger partial charge on any atom is 0.326 e. The number of likely N-dealkylation sites (tertiary alicyclic amines) is 2. The van der Waals surface area contributed by atoms with E-state index in [1.54, 1.807) is 0 Å². The second-order valence-electron chi connectivity index (χ2n) is 34.5. The van der Waals surface area contributed by atoms with Gasteiger partial charge < -0.3 is 112 Å². The zero-order valence-corrected chi connectivity index (χ0v) is 72.4. The first-order valence-electron chi connectivity index (χ1n) is 45.1. The highest BCUT2D eigenvalue weighted by atomic mass is 16.5. The minimum absolute atomic E-state index is 0.00775. The van der Waals surface area contributed by atoms with Gasteiger partial charge in [-0.15, -0.1) is 0 Å². The molecule has 2 saturated heterocycles. The van der Waals surface area contributed by atoms with E-state index in [1.807, 2.05) is 121 Å². The molecule has 11 rings (SSSR count). The fraction of sp³-hybridized carbons (Fsp3) is 0.527. The van der Waals surface area contributed by atoms with E-state index in [0.29, 0.717) is 90.0 Å². The molecule has 0 spiro atoms. The number of carbonyl (C=O) groups is 14. The number of nitrogens with zero attached hydrogens (tertiary/aromatic N) is 2. The molecule has 6 fully saturated rings. The van der Waals surface area contributed by atoms with Crippen molar-refractivity contribution in [2.45, 2.75) is 206 Å². The van der Waals surface area contributed by atoms with E-state index in [9.17, 15) is 67.7 Å². The average Bonchev–Trinajstić information content (AvgIpc) is 1.65. The van der Waals surface area contributed by atoms with E-state index in [4.69, 9.17) is 33.4 Å². The number of carboxylic acid groups (broad SMARTS) is 1. The van der Waals surface area contributed by atoms with E-state index < -0.39 is 162 Å². The normalized spacial score (nSPS) is 22.4. The summed E-state index contributed by atoms with van der Waals surface area (Å²) in [6.45, 7) is -2.35. The lowest BCUT2D eigenvalue weighted by molar-refractivity contribution is -0.142. The highest BCUT2D eigenvalue weighted by molar-refractivity contribution is 6.03. The summed E-state index contributed by atoms with van der Waals surface area (Å²) in [6.07, 6.45) is 6.70. The van der Waals surface area contributed by atoms with E-state index in [2.05, 4.69) is 58.5 Å². The molecule has 2 aliphatic heterocycles. The summed E-state index contributed by atoms with van der Waals surface area (Å²) < 4.78 is 6.20. The highest BCUT2D eigenvalue weighted by Crippen LogP contribution is 2.45. The lowest BCUT2D eigenvalue weighted by Gasteiger charge is -2.27. The van der Waals surface area contributed by atoms with E-state index in [0.717, 1.165) is 22.3 Å². The quantitative estimate of drug-likeness (QED) is 0.0240.